The fourth-order valence-electron chi connectivity index (χ4n) is 3.88. The number of rotatable bonds is 5. The Balaban J connectivity index is 1.56. The maximum atomic E-state index is 12.9. The number of alkyl halides is 2. The molecule has 7 nitrogen and oxygen atoms in total. The van der Waals surface area contributed by atoms with Crippen molar-refractivity contribution in [3.05, 3.63) is 99.7 Å². The average molecular weight is 493 g/mol. The predicted molar refractivity (Wildman–Crippen MR) is 129 cm³/mol. The van der Waals surface area contributed by atoms with Gasteiger partial charge in [-0.1, -0.05) is 23.7 Å². The topological polar surface area (TPSA) is 70.5 Å². The van der Waals surface area contributed by atoms with E-state index < -0.39 is 6.55 Å². The highest BCUT2D eigenvalue weighted by atomic mass is 35.5. The maximum absolute atomic E-state index is 12.9. The lowest BCUT2D eigenvalue weighted by atomic mass is 10.1. The van der Waals surface area contributed by atoms with Gasteiger partial charge in [-0.15, -0.1) is 0 Å². The number of nitrogens with zero attached hydrogens (tertiary/aromatic N) is 6. The molecule has 0 fully saturated rings. The van der Waals surface area contributed by atoms with Crippen LogP contribution in [0.25, 0.3) is 33.9 Å². The molecule has 2 aromatic carbocycles. The first-order valence-electron chi connectivity index (χ1n) is 10.7. The van der Waals surface area contributed by atoms with Gasteiger partial charge in [0.25, 0.3) is 0 Å². The highest BCUT2D eigenvalue weighted by molar-refractivity contribution is 6.30. The molecule has 0 unspecified atom stereocenters. The second-order valence-electron chi connectivity index (χ2n) is 8.02. The SMILES string of the molecule is Cc1cc(-c2nn(-c3ccc(-c4cnn(C(F)F)c4)cc3C)ccc2=O)n(-c2cccc(Cl)c2)n1. The zero-order chi connectivity index (χ0) is 24.7. The van der Waals surface area contributed by atoms with Crippen LogP contribution in [-0.4, -0.2) is 29.3 Å². The van der Waals surface area contributed by atoms with Gasteiger partial charge in [-0.2, -0.15) is 24.1 Å². The van der Waals surface area contributed by atoms with Gasteiger partial charge in [0.1, 0.15) is 0 Å². The summed E-state index contributed by atoms with van der Waals surface area (Å²) in [5.41, 5.74) is 4.86. The Kier molecular flexibility index (Phi) is 5.78. The van der Waals surface area contributed by atoms with Crippen LogP contribution >= 0.6 is 11.6 Å². The Morgan fingerprint density at radius 2 is 1.80 bits per heavy atom. The summed E-state index contributed by atoms with van der Waals surface area (Å²) in [7, 11) is 0. The summed E-state index contributed by atoms with van der Waals surface area (Å²) in [5, 5.41) is 13.4. The van der Waals surface area contributed by atoms with Gasteiger partial charge in [0, 0.05) is 29.0 Å². The number of hydrogen-bond acceptors (Lipinski definition) is 4. The van der Waals surface area contributed by atoms with Crippen LogP contribution in [0.5, 0.6) is 0 Å². The molecule has 0 aliphatic carbocycles. The molecule has 0 aliphatic rings. The molecule has 10 heteroatoms. The molecule has 3 heterocycles. The average Bonchev–Trinajstić information content (AvgIpc) is 3.47. The zero-order valence-corrected chi connectivity index (χ0v) is 19.5. The van der Waals surface area contributed by atoms with E-state index in [1.54, 1.807) is 39.8 Å². The number of hydrogen-bond donors (Lipinski definition) is 0. The molecule has 5 aromatic rings. The first-order chi connectivity index (χ1) is 16.8. The molecule has 0 atom stereocenters. The van der Waals surface area contributed by atoms with Crippen molar-refractivity contribution < 1.29 is 8.78 Å². The predicted octanol–water partition coefficient (Wildman–Crippen LogP) is 5.61. The quantitative estimate of drug-likeness (QED) is 0.319. The summed E-state index contributed by atoms with van der Waals surface area (Å²) in [5.74, 6) is 0. The van der Waals surface area contributed by atoms with E-state index in [0.29, 0.717) is 26.6 Å². The summed E-state index contributed by atoms with van der Waals surface area (Å²) in [6.45, 7) is 1.03. The van der Waals surface area contributed by atoms with E-state index in [0.717, 1.165) is 22.5 Å². The summed E-state index contributed by atoms with van der Waals surface area (Å²) in [6.07, 6.45) is 4.29. The van der Waals surface area contributed by atoms with Crippen LogP contribution in [0.15, 0.2) is 78.0 Å². The van der Waals surface area contributed by atoms with Crippen molar-refractivity contribution in [2.75, 3.05) is 0 Å². The van der Waals surface area contributed by atoms with Gasteiger partial charge in [-0.05, 0) is 61.4 Å². The van der Waals surface area contributed by atoms with Gasteiger partial charge in [0.2, 0.25) is 5.43 Å². The van der Waals surface area contributed by atoms with E-state index in [4.69, 9.17) is 11.6 Å². The van der Waals surface area contributed by atoms with Crippen LogP contribution in [0.2, 0.25) is 5.02 Å². The third-order valence-electron chi connectivity index (χ3n) is 5.51. The van der Waals surface area contributed by atoms with E-state index in [1.807, 2.05) is 38.1 Å². The summed E-state index contributed by atoms with van der Waals surface area (Å²) < 4.78 is 29.6. The molecule has 0 aliphatic heterocycles. The van der Waals surface area contributed by atoms with Crippen molar-refractivity contribution in [1.82, 2.24) is 29.3 Å². The van der Waals surface area contributed by atoms with Gasteiger partial charge in [-0.3, -0.25) is 4.79 Å². The van der Waals surface area contributed by atoms with Gasteiger partial charge in [-0.25, -0.2) is 14.0 Å². The van der Waals surface area contributed by atoms with E-state index in [-0.39, 0.29) is 11.1 Å². The first-order valence-corrected chi connectivity index (χ1v) is 11.0. The summed E-state index contributed by atoms with van der Waals surface area (Å²) >= 11 is 6.16. The highest BCUT2D eigenvalue weighted by Crippen LogP contribution is 2.26. The molecular weight excluding hydrogens is 474 g/mol. The molecule has 5 rings (SSSR count). The van der Waals surface area contributed by atoms with Crippen LogP contribution in [0.4, 0.5) is 8.78 Å². The van der Waals surface area contributed by atoms with Gasteiger partial charge < -0.3 is 0 Å². The van der Waals surface area contributed by atoms with E-state index >= 15 is 0 Å². The third-order valence-corrected chi connectivity index (χ3v) is 5.75. The van der Waals surface area contributed by atoms with Crippen LogP contribution in [0, 0.1) is 13.8 Å². The number of benzene rings is 2. The summed E-state index contributed by atoms with van der Waals surface area (Å²) in [6, 6.07) is 15.9. The molecule has 3 aromatic heterocycles. The monoisotopic (exact) mass is 492 g/mol. The van der Waals surface area contributed by atoms with Crippen molar-refractivity contribution in [1.29, 1.82) is 0 Å². The minimum absolute atomic E-state index is 0.231. The minimum atomic E-state index is -2.70. The normalized spacial score (nSPS) is 11.4. The number of aromatic nitrogens is 6. The lowest BCUT2D eigenvalue weighted by Crippen LogP contribution is -2.15. The largest absolute Gasteiger partial charge is 0.333 e. The molecular formula is C25H19ClF2N6O. The maximum Gasteiger partial charge on any atom is 0.333 e. The van der Waals surface area contributed by atoms with Crippen molar-refractivity contribution in [3.63, 3.8) is 0 Å². The number of aryl methyl sites for hydroxylation is 2. The minimum Gasteiger partial charge on any atom is -0.287 e. The van der Waals surface area contributed by atoms with E-state index in [9.17, 15) is 13.6 Å². The molecule has 0 bridgehead atoms. The Morgan fingerprint density at radius 3 is 2.51 bits per heavy atom. The van der Waals surface area contributed by atoms with E-state index in [1.165, 1.54) is 18.5 Å². The molecule has 35 heavy (non-hydrogen) atoms. The van der Waals surface area contributed by atoms with Crippen molar-refractivity contribution in [3.8, 4) is 33.9 Å². The second-order valence-corrected chi connectivity index (χ2v) is 8.46. The molecule has 0 saturated carbocycles. The van der Waals surface area contributed by atoms with Crippen LogP contribution in [-0.2, 0) is 0 Å². The standard InChI is InChI=1S/C25H19ClF2N6O/c1-15-10-17(18-13-29-33(14-18)25(27)28)6-7-21(15)32-9-8-23(35)24(31-32)22-11-16(2)30-34(22)20-5-3-4-19(26)12-20/h3-14,25H,1-2H3. The van der Waals surface area contributed by atoms with Gasteiger partial charge >= 0.3 is 6.55 Å². The van der Waals surface area contributed by atoms with Gasteiger partial charge in [0.05, 0.1) is 29.0 Å². The molecule has 0 amide bonds. The fraction of sp³-hybridized carbons (Fsp3) is 0.120. The van der Waals surface area contributed by atoms with Gasteiger partial charge in [0.15, 0.2) is 5.69 Å². The van der Waals surface area contributed by atoms with Crippen molar-refractivity contribution >= 4 is 11.6 Å². The molecule has 176 valence electrons. The van der Waals surface area contributed by atoms with Crippen molar-refractivity contribution in [2.45, 2.75) is 20.4 Å². The second kappa shape index (κ2) is 8.92. The fourth-order valence-corrected chi connectivity index (χ4v) is 4.06. The Morgan fingerprint density at radius 1 is 0.971 bits per heavy atom. The smallest absolute Gasteiger partial charge is 0.287 e. The number of halogens is 3. The molecule has 0 spiro atoms. The zero-order valence-electron chi connectivity index (χ0n) is 18.7. The lowest BCUT2D eigenvalue weighted by molar-refractivity contribution is 0.0566. The summed E-state index contributed by atoms with van der Waals surface area (Å²) in [4.78, 5) is 12.8. The molecule has 0 saturated heterocycles. The van der Waals surface area contributed by atoms with Crippen LogP contribution in [0.3, 0.4) is 0 Å². The Labute approximate surface area is 203 Å². The third kappa shape index (κ3) is 4.38. The Bertz CT molecular complexity index is 1600. The van der Waals surface area contributed by atoms with Crippen molar-refractivity contribution in [2.24, 2.45) is 0 Å². The molecule has 0 radical (unpaired) electrons. The van der Waals surface area contributed by atoms with Crippen LogP contribution in [0.1, 0.15) is 17.8 Å². The molecule has 0 N–H and O–H groups in total. The van der Waals surface area contributed by atoms with E-state index in [2.05, 4.69) is 15.3 Å². The first kappa shape index (κ1) is 22.7. The Hall–Kier alpha value is -4.11. The van der Waals surface area contributed by atoms with Crippen LogP contribution < -0.4 is 5.43 Å². The lowest BCUT2D eigenvalue weighted by Gasteiger charge is -2.12. The highest BCUT2D eigenvalue weighted by Gasteiger charge is 2.17.